The first kappa shape index (κ1) is 10.4. The molecule has 0 unspecified atom stereocenters. The Hall–Kier alpha value is -1.12. The van der Waals surface area contributed by atoms with Gasteiger partial charge in [-0.25, -0.2) is 4.98 Å². The lowest BCUT2D eigenvalue weighted by atomic mass is 10.1. The summed E-state index contributed by atoms with van der Waals surface area (Å²) in [5.41, 5.74) is 0.957. The van der Waals surface area contributed by atoms with E-state index in [0.717, 1.165) is 24.4 Å². The van der Waals surface area contributed by atoms with Crippen molar-refractivity contribution in [2.24, 2.45) is 0 Å². The van der Waals surface area contributed by atoms with Crippen molar-refractivity contribution >= 4 is 0 Å². The number of hydrogen-bond donors (Lipinski definition) is 1. The van der Waals surface area contributed by atoms with Gasteiger partial charge in [-0.15, -0.1) is 0 Å². The monoisotopic (exact) mass is 206 g/mol. The van der Waals surface area contributed by atoms with Crippen LogP contribution >= 0.6 is 0 Å². The van der Waals surface area contributed by atoms with Crippen LogP contribution in [0.15, 0.2) is 10.9 Å². The Kier molecular flexibility index (Phi) is 3.19. The van der Waals surface area contributed by atoms with Crippen molar-refractivity contribution < 1.29 is 0 Å². The summed E-state index contributed by atoms with van der Waals surface area (Å²) in [6.45, 7) is 2.11. The minimum atomic E-state index is 0.00958. The Morgan fingerprint density at radius 2 is 2.20 bits per heavy atom. The Bertz CT molecular complexity index is 377. The fourth-order valence-corrected chi connectivity index (χ4v) is 2.31. The van der Waals surface area contributed by atoms with Gasteiger partial charge in [-0.3, -0.25) is 4.79 Å². The number of hydrogen-bond acceptors (Lipinski definition) is 2. The summed E-state index contributed by atoms with van der Waals surface area (Å²) < 4.78 is 0. The van der Waals surface area contributed by atoms with E-state index in [1.165, 1.54) is 25.7 Å². The van der Waals surface area contributed by atoms with Gasteiger partial charge in [-0.1, -0.05) is 26.2 Å². The van der Waals surface area contributed by atoms with Crippen LogP contribution in [0.3, 0.4) is 0 Å². The summed E-state index contributed by atoms with van der Waals surface area (Å²) in [6.07, 6.45) is 6.85. The lowest BCUT2D eigenvalue weighted by molar-refractivity contribution is 0.653. The molecule has 2 rings (SSSR count). The van der Waals surface area contributed by atoms with Crippen molar-refractivity contribution in [1.82, 2.24) is 9.97 Å². The van der Waals surface area contributed by atoms with E-state index < -0.39 is 0 Å². The quantitative estimate of drug-likeness (QED) is 0.825. The molecule has 0 spiro atoms. The maximum atomic E-state index is 11.4. The number of H-pyrrole nitrogens is 1. The van der Waals surface area contributed by atoms with Crippen molar-refractivity contribution in [1.29, 1.82) is 0 Å². The Balaban J connectivity index is 2.26. The van der Waals surface area contributed by atoms with Crippen LogP contribution in [0.1, 0.15) is 56.5 Å². The second-order valence-corrected chi connectivity index (χ2v) is 4.35. The predicted molar refractivity (Wildman–Crippen MR) is 60.1 cm³/mol. The molecule has 15 heavy (non-hydrogen) atoms. The van der Waals surface area contributed by atoms with Crippen molar-refractivity contribution in [3.63, 3.8) is 0 Å². The number of rotatable bonds is 3. The molecule has 1 aromatic rings. The minimum absolute atomic E-state index is 0.00958. The molecule has 1 saturated carbocycles. The van der Waals surface area contributed by atoms with Crippen molar-refractivity contribution in [3.8, 4) is 0 Å². The van der Waals surface area contributed by atoms with Gasteiger partial charge in [-0.2, -0.15) is 0 Å². The first-order chi connectivity index (χ1) is 7.29. The zero-order chi connectivity index (χ0) is 10.7. The van der Waals surface area contributed by atoms with Crippen LogP contribution in [0.25, 0.3) is 0 Å². The smallest absolute Gasteiger partial charge is 0.251 e. The predicted octanol–water partition coefficient (Wildman–Crippen LogP) is 2.38. The highest BCUT2D eigenvalue weighted by molar-refractivity contribution is 5.07. The normalized spacial score (nSPS) is 17.1. The van der Waals surface area contributed by atoms with Crippen molar-refractivity contribution in [2.45, 2.75) is 51.4 Å². The van der Waals surface area contributed by atoms with E-state index in [0.29, 0.717) is 5.92 Å². The maximum absolute atomic E-state index is 11.4. The largest absolute Gasteiger partial charge is 0.310 e. The molecule has 1 aliphatic carbocycles. The van der Waals surface area contributed by atoms with Crippen LogP contribution < -0.4 is 5.56 Å². The summed E-state index contributed by atoms with van der Waals surface area (Å²) >= 11 is 0. The van der Waals surface area contributed by atoms with E-state index >= 15 is 0 Å². The zero-order valence-electron chi connectivity index (χ0n) is 9.25. The van der Waals surface area contributed by atoms with Gasteiger partial charge in [0.25, 0.3) is 5.56 Å². The van der Waals surface area contributed by atoms with E-state index in [1.54, 1.807) is 6.07 Å². The van der Waals surface area contributed by atoms with Gasteiger partial charge < -0.3 is 4.98 Å². The topological polar surface area (TPSA) is 45.8 Å². The van der Waals surface area contributed by atoms with Crippen LogP contribution in [-0.2, 0) is 6.42 Å². The molecule has 1 N–H and O–H groups in total. The number of aromatic nitrogens is 2. The van der Waals surface area contributed by atoms with Crippen LogP contribution in [0, 0.1) is 0 Å². The van der Waals surface area contributed by atoms with Gasteiger partial charge in [0, 0.05) is 17.7 Å². The Labute approximate surface area is 89.9 Å². The van der Waals surface area contributed by atoms with Crippen LogP contribution in [0.4, 0.5) is 0 Å². The van der Waals surface area contributed by atoms with E-state index in [9.17, 15) is 4.79 Å². The summed E-state index contributed by atoms with van der Waals surface area (Å²) in [5.74, 6) is 1.41. The Morgan fingerprint density at radius 1 is 1.47 bits per heavy atom. The second-order valence-electron chi connectivity index (χ2n) is 4.35. The third kappa shape index (κ3) is 2.46. The molecule has 1 aliphatic rings. The molecular formula is C12H18N2O. The van der Waals surface area contributed by atoms with E-state index in [4.69, 9.17) is 0 Å². The van der Waals surface area contributed by atoms with Gasteiger partial charge in [0.05, 0.1) is 0 Å². The number of aryl methyl sites for hydroxylation is 1. The number of aromatic amines is 1. The SMILES string of the molecule is CCCc1cc(=O)[nH]c(C2CCCC2)n1. The van der Waals surface area contributed by atoms with Crippen LogP contribution in [0.2, 0.25) is 0 Å². The number of nitrogens with one attached hydrogen (secondary N) is 1. The van der Waals surface area contributed by atoms with Gasteiger partial charge >= 0.3 is 0 Å². The molecule has 1 fully saturated rings. The summed E-state index contributed by atoms with van der Waals surface area (Å²) in [7, 11) is 0. The molecule has 82 valence electrons. The standard InChI is InChI=1S/C12H18N2O/c1-2-5-10-8-11(15)14-12(13-10)9-6-3-4-7-9/h8-9H,2-7H2,1H3,(H,13,14,15). The highest BCUT2D eigenvalue weighted by atomic mass is 16.1. The molecule has 3 nitrogen and oxygen atoms in total. The molecular weight excluding hydrogens is 188 g/mol. The average molecular weight is 206 g/mol. The van der Waals surface area contributed by atoms with Crippen molar-refractivity contribution in [2.75, 3.05) is 0 Å². The molecule has 0 radical (unpaired) electrons. The third-order valence-corrected chi connectivity index (χ3v) is 3.06. The minimum Gasteiger partial charge on any atom is -0.310 e. The highest BCUT2D eigenvalue weighted by Gasteiger charge is 2.19. The summed E-state index contributed by atoms with van der Waals surface area (Å²) in [5, 5.41) is 0. The highest BCUT2D eigenvalue weighted by Crippen LogP contribution is 2.31. The Morgan fingerprint density at radius 3 is 2.87 bits per heavy atom. The van der Waals surface area contributed by atoms with Gasteiger partial charge in [0.2, 0.25) is 0 Å². The zero-order valence-corrected chi connectivity index (χ0v) is 9.25. The molecule has 0 saturated heterocycles. The molecule has 1 heterocycles. The van der Waals surface area contributed by atoms with Gasteiger partial charge in [-0.05, 0) is 19.3 Å². The number of nitrogens with zero attached hydrogens (tertiary/aromatic N) is 1. The van der Waals surface area contributed by atoms with Crippen LogP contribution in [-0.4, -0.2) is 9.97 Å². The van der Waals surface area contributed by atoms with Crippen LogP contribution in [0.5, 0.6) is 0 Å². The molecule has 0 aliphatic heterocycles. The van der Waals surface area contributed by atoms with Gasteiger partial charge in [0.15, 0.2) is 0 Å². The molecule has 0 aromatic carbocycles. The van der Waals surface area contributed by atoms with E-state index in [2.05, 4.69) is 16.9 Å². The molecule has 3 heteroatoms. The summed E-state index contributed by atoms with van der Waals surface area (Å²) in [4.78, 5) is 18.9. The summed E-state index contributed by atoms with van der Waals surface area (Å²) in [6, 6.07) is 1.63. The van der Waals surface area contributed by atoms with Gasteiger partial charge in [0.1, 0.15) is 5.82 Å². The fraction of sp³-hybridized carbons (Fsp3) is 0.667. The fourth-order valence-electron chi connectivity index (χ4n) is 2.31. The first-order valence-electron chi connectivity index (χ1n) is 5.89. The molecule has 0 amide bonds. The lowest BCUT2D eigenvalue weighted by Gasteiger charge is -2.09. The maximum Gasteiger partial charge on any atom is 0.251 e. The lowest BCUT2D eigenvalue weighted by Crippen LogP contribution is -2.14. The average Bonchev–Trinajstić information content (AvgIpc) is 2.70. The molecule has 0 bridgehead atoms. The first-order valence-corrected chi connectivity index (χ1v) is 5.89. The third-order valence-electron chi connectivity index (χ3n) is 3.06. The van der Waals surface area contributed by atoms with Crippen molar-refractivity contribution in [3.05, 3.63) is 27.9 Å². The van der Waals surface area contributed by atoms with E-state index in [1.807, 2.05) is 0 Å². The molecule has 1 aromatic heterocycles. The molecule has 0 atom stereocenters. The van der Waals surface area contributed by atoms with E-state index in [-0.39, 0.29) is 5.56 Å². The second kappa shape index (κ2) is 4.60.